The first-order chi connectivity index (χ1) is 12.9. The van der Waals surface area contributed by atoms with Gasteiger partial charge in [0.15, 0.2) is 0 Å². The third-order valence-electron chi connectivity index (χ3n) is 5.14. The Bertz CT molecular complexity index is 886. The minimum absolute atomic E-state index is 0.00146. The predicted octanol–water partition coefficient (Wildman–Crippen LogP) is 2.22. The van der Waals surface area contributed by atoms with E-state index in [1.165, 1.54) is 0 Å². The molecule has 0 radical (unpaired) electrons. The van der Waals surface area contributed by atoms with Gasteiger partial charge in [-0.15, -0.1) is 0 Å². The minimum atomic E-state index is -1.06. The van der Waals surface area contributed by atoms with E-state index in [2.05, 4.69) is 0 Å². The molecule has 1 fully saturated rings. The van der Waals surface area contributed by atoms with E-state index in [-0.39, 0.29) is 29.9 Å². The molecule has 0 bridgehead atoms. The number of nitrogens with zero attached hydrogens (tertiary/aromatic N) is 2. The number of amides is 1. The first-order valence-corrected chi connectivity index (χ1v) is 9.18. The molecule has 1 atom stereocenters. The van der Waals surface area contributed by atoms with Crippen molar-refractivity contribution in [3.8, 4) is 0 Å². The number of aromatic carboxylic acids is 1. The Morgan fingerprint density at radius 3 is 2.70 bits per heavy atom. The number of para-hydroxylation sites is 1. The molecule has 1 aromatic heterocycles. The van der Waals surface area contributed by atoms with E-state index in [4.69, 9.17) is 4.74 Å². The number of aromatic nitrogens is 1. The van der Waals surface area contributed by atoms with Crippen LogP contribution >= 0.6 is 0 Å². The highest BCUT2D eigenvalue weighted by Crippen LogP contribution is 2.27. The highest BCUT2D eigenvalue weighted by molar-refractivity contribution is 6.00. The molecule has 1 unspecified atom stereocenters. The number of piperidine rings is 1. The number of likely N-dealkylation sites (tertiary alicyclic amines) is 1. The lowest BCUT2D eigenvalue weighted by atomic mass is 9.97. The van der Waals surface area contributed by atoms with Crippen LogP contribution in [0.2, 0.25) is 0 Å². The van der Waals surface area contributed by atoms with Gasteiger partial charge in [0.25, 0.3) is 0 Å². The van der Waals surface area contributed by atoms with Crippen LogP contribution in [0.1, 0.15) is 35.8 Å². The third kappa shape index (κ3) is 3.67. The molecular formula is C20H24N2O5. The summed E-state index contributed by atoms with van der Waals surface area (Å²) in [7, 11) is 1.69. The van der Waals surface area contributed by atoms with Crippen molar-refractivity contribution in [1.29, 1.82) is 0 Å². The molecule has 0 saturated carbocycles. The van der Waals surface area contributed by atoms with Crippen LogP contribution in [0, 0.1) is 5.92 Å². The molecule has 1 amide bonds. The topological polar surface area (TPSA) is 88.8 Å². The lowest BCUT2D eigenvalue weighted by Crippen LogP contribution is -2.43. The predicted molar refractivity (Wildman–Crippen MR) is 99.5 cm³/mol. The summed E-state index contributed by atoms with van der Waals surface area (Å²) >= 11 is 0. The van der Waals surface area contributed by atoms with Crippen molar-refractivity contribution in [1.82, 2.24) is 9.47 Å². The average Bonchev–Trinajstić information content (AvgIpc) is 2.94. The Morgan fingerprint density at radius 2 is 2.00 bits per heavy atom. The second-order valence-electron chi connectivity index (χ2n) is 6.82. The smallest absolute Gasteiger partial charge is 0.352 e. The number of hydrogen-bond acceptors (Lipinski definition) is 4. The first-order valence-electron chi connectivity index (χ1n) is 9.18. The van der Waals surface area contributed by atoms with Crippen LogP contribution in [0.5, 0.6) is 0 Å². The van der Waals surface area contributed by atoms with Gasteiger partial charge >= 0.3 is 11.9 Å². The van der Waals surface area contributed by atoms with E-state index in [0.29, 0.717) is 31.7 Å². The van der Waals surface area contributed by atoms with Crippen LogP contribution in [0.4, 0.5) is 0 Å². The van der Waals surface area contributed by atoms with Gasteiger partial charge in [-0.25, -0.2) is 4.79 Å². The number of benzene rings is 1. The molecule has 1 saturated heterocycles. The molecule has 1 N–H and O–H groups in total. The fourth-order valence-corrected chi connectivity index (χ4v) is 3.84. The molecule has 27 heavy (non-hydrogen) atoms. The minimum Gasteiger partial charge on any atom is -0.477 e. The van der Waals surface area contributed by atoms with E-state index in [1.54, 1.807) is 23.4 Å². The van der Waals surface area contributed by atoms with Crippen molar-refractivity contribution in [2.75, 3.05) is 19.7 Å². The first kappa shape index (κ1) is 18.9. The summed E-state index contributed by atoms with van der Waals surface area (Å²) < 4.78 is 6.69. The lowest BCUT2D eigenvalue weighted by Gasteiger charge is -2.31. The number of carbonyl (C=O) groups is 3. The summed E-state index contributed by atoms with van der Waals surface area (Å²) in [6, 6.07) is 7.35. The zero-order valence-corrected chi connectivity index (χ0v) is 15.6. The fraction of sp³-hybridized carbons (Fsp3) is 0.450. The monoisotopic (exact) mass is 372 g/mol. The number of esters is 1. The van der Waals surface area contributed by atoms with Crippen molar-refractivity contribution >= 4 is 28.7 Å². The summed E-state index contributed by atoms with van der Waals surface area (Å²) in [6.45, 7) is 2.98. The maximum absolute atomic E-state index is 12.9. The third-order valence-corrected chi connectivity index (χ3v) is 5.14. The number of aryl methyl sites for hydroxylation is 1. The largest absolute Gasteiger partial charge is 0.477 e. The molecule has 144 valence electrons. The molecule has 2 heterocycles. The Hall–Kier alpha value is -2.83. The molecule has 0 spiro atoms. The van der Waals surface area contributed by atoms with Crippen molar-refractivity contribution in [3.05, 3.63) is 35.5 Å². The number of carbonyl (C=O) groups excluding carboxylic acids is 2. The van der Waals surface area contributed by atoms with Gasteiger partial charge < -0.3 is 19.3 Å². The standard InChI is InChI=1S/C20H24N2O5/c1-3-27-20(26)13-7-6-10-22(12-13)17(23)11-15-14-8-4-5-9-16(14)21(2)18(15)19(24)25/h4-5,8-9,13H,3,6-7,10-12H2,1-2H3,(H,24,25). The number of rotatable bonds is 5. The molecule has 3 rings (SSSR count). The summed E-state index contributed by atoms with van der Waals surface area (Å²) in [5, 5.41) is 10.4. The van der Waals surface area contributed by atoms with Gasteiger partial charge in [-0.3, -0.25) is 9.59 Å². The van der Waals surface area contributed by atoms with Crippen LogP contribution < -0.4 is 0 Å². The number of carboxylic acid groups (broad SMARTS) is 1. The molecule has 1 aliphatic heterocycles. The van der Waals surface area contributed by atoms with Gasteiger partial charge in [-0.1, -0.05) is 18.2 Å². The molecule has 0 aliphatic carbocycles. The lowest BCUT2D eigenvalue weighted by molar-refractivity contribution is -0.151. The quantitative estimate of drug-likeness (QED) is 0.813. The summed E-state index contributed by atoms with van der Waals surface area (Å²) in [4.78, 5) is 38.3. The molecule has 7 nitrogen and oxygen atoms in total. The SMILES string of the molecule is CCOC(=O)C1CCCN(C(=O)Cc2c(C(=O)O)n(C)c3ccccc23)C1. The van der Waals surface area contributed by atoms with E-state index in [9.17, 15) is 19.5 Å². The Balaban J connectivity index is 1.85. The average molecular weight is 372 g/mol. The molecule has 2 aromatic rings. The number of fused-ring (bicyclic) bond motifs is 1. The molecule has 1 aromatic carbocycles. The molecular weight excluding hydrogens is 348 g/mol. The maximum atomic E-state index is 12.9. The highest BCUT2D eigenvalue weighted by atomic mass is 16.5. The van der Waals surface area contributed by atoms with Crippen LogP contribution in [0.3, 0.4) is 0 Å². The fourth-order valence-electron chi connectivity index (χ4n) is 3.84. The number of ether oxygens (including phenoxy) is 1. The van der Waals surface area contributed by atoms with E-state index >= 15 is 0 Å². The molecule has 1 aliphatic rings. The zero-order chi connectivity index (χ0) is 19.6. The van der Waals surface area contributed by atoms with Crippen LogP contribution in [-0.4, -0.2) is 52.1 Å². The summed E-state index contributed by atoms with van der Waals surface area (Å²) in [6.07, 6.45) is 1.44. The van der Waals surface area contributed by atoms with Crippen LogP contribution in [0.15, 0.2) is 24.3 Å². The van der Waals surface area contributed by atoms with Crippen molar-refractivity contribution < 1.29 is 24.2 Å². The number of hydrogen-bond donors (Lipinski definition) is 1. The Kier molecular flexibility index (Phi) is 5.48. The van der Waals surface area contributed by atoms with Gasteiger partial charge in [0, 0.05) is 36.6 Å². The summed E-state index contributed by atoms with van der Waals surface area (Å²) in [5.41, 5.74) is 1.42. The maximum Gasteiger partial charge on any atom is 0.352 e. The second-order valence-corrected chi connectivity index (χ2v) is 6.82. The van der Waals surface area contributed by atoms with Crippen molar-refractivity contribution in [2.45, 2.75) is 26.2 Å². The highest BCUT2D eigenvalue weighted by Gasteiger charge is 2.31. The van der Waals surface area contributed by atoms with Gasteiger partial charge in [0.05, 0.1) is 18.9 Å². The van der Waals surface area contributed by atoms with Gasteiger partial charge in [0.1, 0.15) is 5.69 Å². The van der Waals surface area contributed by atoms with Crippen LogP contribution in [-0.2, 0) is 27.8 Å². The second kappa shape index (κ2) is 7.82. The van der Waals surface area contributed by atoms with Gasteiger partial charge in [-0.2, -0.15) is 0 Å². The Morgan fingerprint density at radius 1 is 1.26 bits per heavy atom. The van der Waals surface area contributed by atoms with Crippen LogP contribution in [0.25, 0.3) is 10.9 Å². The normalized spacial score (nSPS) is 17.1. The number of carboxylic acids is 1. The van der Waals surface area contributed by atoms with Gasteiger partial charge in [0.2, 0.25) is 5.91 Å². The van der Waals surface area contributed by atoms with Crippen molar-refractivity contribution in [3.63, 3.8) is 0 Å². The van der Waals surface area contributed by atoms with Gasteiger partial charge in [-0.05, 0) is 25.8 Å². The molecule has 7 heteroatoms. The summed E-state index contributed by atoms with van der Waals surface area (Å²) in [5.74, 6) is -1.80. The van der Waals surface area contributed by atoms with E-state index < -0.39 is 5.97 Å². The Labute approximate surface area is 157 Å². The van der Waals surface area contributed by atoms with E-state index in [0.717, 1.165) is 17.3 Å². The zero-order valence-electron chi connectivity index (χ0n) is 15.6. The van der Waals surface area contributed by atoms with E-state index in [1.807, 2.05) is 24.3 Å². The van der Waals surface area contributed by atoms with Crippen molar-refractivity contribution in [2.24, 2.45) is 13.0 Å².